The summed E-state index contributed by atoms with van der Waals surface area (Å²) in [6.07, 6.45) is 2.56. The van der Waals surface area contributed by atoms with Gasteiger partial charge in [-0.15, -0.1) is 0 Å². The SMILES string of the molecule is CN1C[C@@H](NC(=O)[C@H]2C[C@H](NC(=O)[C@H]3C[C@H](NC=O)CN3C)CN2C)C[C@@H]1C(=O)NCCC(=N)N. The molecule has 3 fully saturated rings. The summed E-state index contributed by atoms with van der Waals surface area (Å²) in [5.41, 5.74) is 5.33. The molecule has 4 amide bonds. The van der Waals surface area contributed by atoms with Crippen molar-refractivity contribution in [1.29, 1.82) is 5.41 Å². The second kappa shape index (κ2) is 11.8. The Balaban J connectivity index is 1.46. The summed E-state index contributed by atoms with van der Waals surface area (Å²) in [7, 11) is 5.58. The lowest BCUT2D eigenvalue weighted by Gasteiger charge is -2.21. The van der Waals surface area contributed by atoms with Crippen molar-refractivity contribution in [3.63, 3.8) is 0 Å². The van der Waals surface area contributed by atoms with E-state index in [0.717, 1.165) is 0 Å². The van der Waals surface area contributed by atoms with Crippen LogP contribution in [0.25, 0.3) is 0 Å². The van der Waals surface area contributed by atoms with E-state index in [0.29, 0.717) is 58.3 Å². The summed E-state index contributed by atoms with van der Waals surface area (Å²) in [5, 5.41) is 18.9. The van der Waals surface area contributed by atoms with Gasteiger partial charge in [-0.3, -0.25) is 39.3 Å². The summed E-state index contributed by atoms with van der Waals surface area (Å²) in [4.78, 5) is 54.8. The van der Waals surface area contributed by atoms with Crippen LogP contribution in [0.2, 0.25) is 0 Å². The van der Waals surface area contributed by atoms with E-state index in [4.69, 9.17) is 11.1 Å². The summed E-state index contributed by atoms with van der Waals surface area (Å²) in [6.45, 7) is 2.08. The van der Waals surface area contributed by atoms with E-state index in [2.05, 4.69) is 21.3 Å². The molecule has 6 atom stereocenters. The highest BCUT2D eigenvalue weighted by atomic mass is 16.2. The molecule has 7 N–H and O–H groups in total. The fourth-order valence-electron chi connectivity index (χ4n) is 5.38. The largest absolute Gasteiger partial charge is 0.388 e. The second-order valence-corrected chi connectivity index (χ2v) is 10.0. The van der Waals surface area contributed by atoms with Crippen LogP contribution in [0.3, 0.4) is 0 Å². The number of hydrogen-bond donors (Lipinski definition) is 6. The molecule has 0 aromatic rings. The molecule has 0 radical (unpaired) electrons. The Morgan fingerprint density at radius 1 is 0.829 bits per heavy atom. The van der Waals surface area contributed by atoms with E-state index in [-0.39, 0.29) is 59.8 Å². The number of likely N-dealkylation sites (tertiary alicyclic amines) is 3. The Morgan fingerprint density at radius 2 is 1.26 bits per heavy atom. The first-order chi connectivity index (χ1) is 16.6. The minimum absolute atomic E-state index is 0.0276. The van der Waals surface area contributed by atoms with E-state index >= 15 is 0 Å². The predicted octanol–water partition coefficient (Wildman–Crippen LogP) is -3.37. The maximum absolute atomic E-state index is 13.0. The second-order valence-electron chi connectivity index (χ2n) is 10.0. The van der Waals surface area contributed by atoms with Crippen molar-refractivity contribution < 1.29 is 19.2 Å². The zero-order valence-corrected chi connectivity index (χ0v) is 20.8. The maximum Gasteiger partial charge on any atom is 0.237 e. The molecule has 3 rings (SSSR count). The zero-order valence-electron chi connectivity index (χ0n) is 20.8. The van der Waals surface area contributed by atoms with Gasteiger partial charge in [0.15, 0.2) is 0 Å². The van der Waals surface area contributed by atoms with Crippen molar-refractivity contribution >= 4 is 30.0 Å². The fraction of sp³-hybridized carbons (Fsp3) is 0.773. The van der Waals surface area contributed by atoms with Crippen LogP contribution in [-0.4, -0.2) is 128 Å². The summed E-state index contributed by atoms with van der Waals surface area (Å²) >= 11 is 0. The molecule has 196 valence electrons. The molecule has 0 saturated carbocycles. The Morgan fingerprint density at radius 3 is 1.71 bits per heavy atom. The minimum atomic E-state index is -0.361. The number of amidine groups is 1. The first kappa shape index (κ1) is 26.8. The van der Waals surface area contributed by atoms with Gasteiger partial charge < -0.3 is 27.0 Å². The third-order valence-corrected chi connectivity index (χ3v) is 7.24. The van der Waals surface area contributed by atoms with E-state index in [1.807, 2.05) is 35.8 Å². The molecule has 0 spiro atoms. The molecule has 3 aliphatic heterocycles. The van der Waals surface area contributed by atoms with Crippen molar-refractivity contribution in [3.8, 4) is 0 Å². The van der Waals surface area contributed by atoms with E-state index in [1.165, 1.54) is 0 Å². The first-order valence-electron chi connectivity index (χ1n) is 12.1. The van der Waals surface area contributed by atoms with Crippen LogP contribution >= 0.6 is 0 Å². The number of carbonyl (C=O) groups is 4. The highest BCUT2D eigenvalue weighted by Gasteiger charge is 2.41. The van der Waals surface area contributed by atoms with Crippen molar-refractivity contribution in [2.45, 2.75) is 61.9 Å². The molecule has 13 nitrogen and oxygen atoms in total. The number of nitrogens with zero attached hydrogens (tertiary/aromatic N) is 3. The molecule has 0 aromatic carbocycles. The summed E-state index contributed by atoms with van der Waals surface area (Å²) in [5.74, 6) is -0.291. The Labute approximate surface area is 206 Å². The fourth-order valence-corrected chi connectivity index (χ4v) is 5.38. The van der Waals surface area contributed by atoms with Crippen LogP contribution in [0.4, 0.5) is 0 Å². The molecular formula is C22H39N9O4. The van der Waals surface area contributed by atoms with Gasteiger partial charge in [-0.05, 0) is 40.4 Å². The van der Waals surface area contributed by atoms with E-state index in [9.17, 15) is 19.2 Å². The van der Waals surface area contributed by atoms with E-state index < -0.39 is 0 Å². The number of amides is 4. The van der Waals surface area contributed by atoms with Gasteiger partial charge in [0, 0.05) is 50.7 Å². The maximum atomic E-state index is 13.0. The van der Waals surface area contributed by atoms with E-state index in [1.54, 1.807) is 0 Å². The molecule has 0 bridgehead atoms. The van der Waals surface area contributed by atoms with Crippen molar-refractivity contribution in [2.75, 3.05) is 47.3 Å². The molecule has 0 aromatic heterocycles. The van der Waals surface area contributed by atoms with Gasteiger partial charge in [-0.25, -0.2) is 0 Å². The Kier molecular flexibility index (Phi) is 9.03. The third-order valence-electron chi connectivity index (χ3n) is 7.24. The molecule has 13 heteroatoms. The molecule has 35 heavy (non-hydrogen) atoms. The van der Waals surface area contributed by atoms with Gasteiger partial charge in [0.2, 0.25) is 24.1 Å². The molecule has 3 saturated heterocycles. The topological polar surface area (TPSA) is 176 Å². The number of nitrogens with one attached hydrogen (secondary N) is 5. The van der Waals surface area contributed by atoms with Crippen LogP contribution in [0.1, 0.15) is 25.7 Å². The number of rotatable bonds is 10. The average molecular weight is 494 g/mol. The highest BCUT2D eigenvalue weighted by Crippen LogP contribution is 2.21. The van der Waals surface area contributed by atoms with Gasteiger partial charge in [-0.1, -0.05) is 0 Å². The third kappa shape index (κ3) is 6.89. The van der Waals surface area contributed by atoms with Gasteiger partial charge in [-0.2, -0.15) is 0 Å². The van der Waals surface area contributed by atoms with Crippen LogP contribution < -0.4 is 27.0 Å². The smallest absolute Gasteiger partial charge is 0.237 e. The van der Waals surface area contributed by atoms with Crippen LogP contribution in [-0.2, 0) is 19.2 Å². The average Bonchev–Trinajstić information content (AvgIpc) is 3.44. The number of hydrogen-bond acceptors (Lipinski definition) is 8. The quantitative estimate of drug-likeness (QED) is 0.104. The monoisotopic (exact) mass is 493 g/mol. The number of nitrogens with two attached hydrogens (primary N) is 1. The van der Waals surface area contributed by atoms with Crippen molar-refractivity contribution in [1.82, 2.24) is 36.0 Å². The van der Waals surface area contributed by atoms with Crippen LogP contribution in [0, 0.1) is 5.41 Å². The zero-order chi connectivity index (χ0) is 25.7. The molecular weight excluding hydrogens is 454 g/mol. The van der Waals surface area contributed by atoms with Crippen LogP contribution in [0.15, 0.2) is 0 Å². The number of carbonyl (C=O) groups excluding carboxylic acids is 4. The standard InChI is InChI=1S/C22H39N9O4/c1-29-9-13(26-12-32)6-17(29)21(34)28-15-8-18(31(3)11-15)22(35)27-14-7-16(30(2)10-14)20(33)25-5-4-19(23)24/h12-18H,4-11H2,1-3H3,(H3,23,24)(H,25,33)(H,26,32)(H,27,35)(H,28,34)/t13-,14-,15-,16+,17+,18+/m0/s1. The minimum Gasteiger partial charge on any atom is -0.388 e. The van der Waals surface area contributed by atoms with Crippen molar-refractivity contribution in [2.24, 2.45) is 5.73 Å². The summed E-state index contributed by atoms with van der Waals surface area (Å²) < 4.78 is 0. The predicted molar refractivity (Wildman–Crippen MR) is 129 cm³/mol. The first-order valence-corrected chi connectivity index (χ1v) is 12.1. The lowest BCUT2D eigenvalue weighted by atomic mass is 10.1. The molecule has 3 aliphatic rings. The Hall–Kier alpha value is -2.77. The van der Waals surface area contributed by atoms with Crippen molar-refractivity contribution in [3.05, 3.63) is 0 Å². The van der Waals surface area contributed by atoms with Gasteiger partial charge in [0.25, 0.3) is 0 Å². The molecule has 0 unspecified atom stereocenters. The number of likely N-dealkylation sites (N-methyl/N-ethyl adjacent to an activating group) is 3. The normalized spacial score (nSPS) is 31.7. The van der Waals surface area contributed by atoms with Gasteiger partial charge in [0.05, 0.1) is 24.0 Å². The molecule has 3 heterocycles. The van der Waals surface area contributed by atoms with Gasteiger partial charge in [0.1, 0.15) is 0 Å². The molecule has 0 aliphatic carbocycles. The lowest BCUT2D eigenvalue weighted by molar-refractivity contribution is -0.127. The van der Waals surface area contributed by atoms with Gasteiger partial charge >= 0.3 is 0 Å². The lowest BCUT2D eigenvalue weighted by Crippen LogP contribution is -2.47. The summed E-state index contributed by atoms with van der Waals surface area (Å²) in [6, 6.07) is -1.34. The Bertz CT molecular complexity index is 825. The van der Waals surface area contributed by atoms with Crippen LogP contribution in [0.5, 0.6) is 0 Å². The highest BCUT2D eigenvalue weighted by molar-refractivity contribution is 5.85.